The molecule has 0 spiro atoms. The molecule has 0 saturated heterocycles. The molecule has 0 bridgehead atoms. The molecule has 0 fully saturated rings. The fourth-order valence-electron chi connectivity index (χ4n) is 3.60. The molecule has 1 heterocycles. The summed E-state index contributed by atoms with van der Waals surface area (Å²) in [5, 5.41) is 3.45. The van der Waals surface area contributed by atoms with Crippen molar-refractivity contribution in [2.75, 3.05) is 0 Å². The van der Waals surface area contributed by atoms with E-state index in [-0.39, 0.29) is 30.4 Å². The zero-order chi connectivity index (χ0) is 27.6. The van der Waals surface area contributed by atoms with Crippen LogP contribution < -0.4 is 5.14 Å². The SMILES string of the molecule is NS(=O)(=O)C1(c2cc(Cl)c(Sc3nc4cc(C(F)(F)F)ccc4s3)c(Cl)c2)C=CC(C(F)(F)F)=CC1Cl. The van der Waals surface area contributed by atoms with Gasteiger partial charge in [0.1, 0.15) is 4.75 Å². The summed E-state index contributed by atoms with van der Waals surface area (Å²) >= 11 is 20.9. The van der Waals surface area contributed by atoms with Gasteiger partial charge in [0.05, 0.1) is 41.7 Å². The van der Waals surface area contributed by atoms with Crippen LogP contribution in [0.15, 0.2) is 63.4 Å². The molecule has 2 N–H and O–H groups in total. The second kappa shape index (κ2) is 9.61. The van der Waals surface area contributed by atoms with Crippen LogP contribution in [0.2, 0.25) is 10.0 Å². The first-order chi connectivity index (χ1) is 16.9. The van der Waals surface area contributed by atoms with Crippen molar-refractivity contribution in [1.82, 2.24) is 4.98 Å². The van der Waals surface area contributed by atoms with Crippen LogP contribution in [0.1, 0.15) is 11.1 Å². The monoisotopic (exact) mass is 638 g/mol. The zero-order valence-corrected chi connectivity index (χ0v) is 22.4. The van der Waals surface area contributed by atoms with Crippen molar-refractivity contribution in [3.8, 4) is 0 Å². The Morgan fingerprint density at radius 1 is 1.03 bits per heavy atom. The molecule has 4 nitrogen and oxygen atoms in total. The predicted octanol–water partition coefficient (Wildman–Crippen LogP) is 7.92. The highest BCUT2D eigenvalue weighted by Gasteiger charge is 2.51. The average molecular weight is 640 g/mol. The van der Waals surface area contributed by atoms with Crippen LogP contribution in [0.5, 0.6) is 0 Å². The normalized spacial score (nSPS) is 20.9. The first-order valence-corrected chi connectivity index (χ1v) is 14.1. The van der Waals surface area contributed by atoms with E-state index in [1.54, 1.807) is 0 Å². The molecule has 37 heavy (non-hydrogen) atoms. The van der Waals surface area contributed by atoms with Gasteiger partial charge in [-0.1, -0.05) is 53.2 Å². The van der Waals surface area contributed by atoms with E-state index in [2.05, 4.69) is 4.98 Å². The molecule has 2 unspecified atom stereocenters. The molecule has 198 valence electrons. The van der Waals surface area contributed by atoms with E-state index in [0.717, 1.165) is 53.4 Å². The molecule has 0 saturated carbocycles. The highest BCUT2D eigenvalue weighted by molar-refractivity contribution is 8.01. The van der Waals surface area contributed by atoms with E-state index in [1.165, 1.54) is 6.07 Å². The van der Waals surface area contributed by atoms with Crippen molar-refractivity contribution in [2.24, 2.45) is 5.14 Å². The average Bonchev–Trinajstić information content (AvgIpc) is 3.15. The summed E-state index contributed by atoms with van der Waals surface area (Å²) < 4.78 is 102. The maximum Gasteiger partial charge on any atom is 0.416 e. The minimum Gasteiger partial charge on any atom is -0.229 e. The molecular weight excluding hydrogens is 629 g/mol. The van der Waals surface area contributed by atoms with Crippen LogP contribution in [0.3, 0.4) is 0 Å². The Balaban J connectivity index is 1.74. The number of benzene rings is 2. The molecule has 2 atom stereocenters. The van der Waals surface area contributed by atoms with Crippen molar-refractivity contribution < 1.29 is 34.8 Å². The minimum absolute atomic E-state index is 0.101. The molecule has 1 aliphatic rings. The van der Waals surface area contributed by atoms with Gasteiger partial charge < -0.3 is 0 Å². The molecule has 0 radical (unpaired) electrons. The van der Waals surface area contributed by atoms with E-state index in [4.69, 9.17) is 39.9 Å². The van der Waals surface area contributed by atoms with Gasteiger partial charge in [-0.05, 0) is 35.9 Å². The van der Waals surface area contributed by atoms with Gasteiger partial charge in [0.25, 0.3) is 0 Å². The van der Waals surface area contributed by atoms with Crippen molar-refractivity contribution in [1.29, 1.82) is 0 Å². The Hall–Kier alpha value is -1.48. The quantitative estimate of drug-likeness (QED) is 0.233. The van der Waals surface area contributed by atoms with Gasteiger partial charge in [0.2, 0.25) is 10.0 Å². The largest absolute Gasteiger partial charge is 0.416 e. The van der Waals surface area contributed by atoms with Crippen LogP contribution in [-0.2, 0) is 20.9 Å². The van der Waals surface area contributed by atoms with Gasteiger partial charge in [-0.15, -0.1) is 22.9 Å². The van der Waals surface area contributed by atoms with Gasteiger partial charge in [-0.3, -0.25) is 0 Å². The number of allylic oxidation sites excluding steroid dienone is 3. The number of hydrogen-bond acceptors (Lipinski definition) is 5. The van der Waals surface area contributed by atoms with Crippen LogP contribution in [-0.4, -0.2) is 25.0 Å². The number of hydrogen-bond donors (Lipinski definition) is 1. The minimum atomic E-state index is -4.78. The molecule has 1 aromatic heterocycles. The lowest BCUT2D eigenvalue weighted by Gasteiger charge is -2.35. The lowest BCUT2D eigenvalue weighted by Crippen LogP contribution is -2.47. The third kappa shape index (κ3) is 5.36. The maximum absolute atomic E-state index is 13.1. The van der Waals surface area contributed by atoms with Crippen molar-refractivity contribution in [3.63, 3.8) is 0 Å². The van der Waals surface area contributed by atoms with Crippen molar-refractivity contribution >= 4 is 78.1 Å². The molecule has 4 rings (SSSR count). The molecule has 1 aliphatic carbocycles. The molecule has 2 aromatic carbocycles. The summed E-state index contributed by atoms with van der Waals surface area (Å²) in [6.45, 7) is 0. The number of rotatable bonds is 4. The molecule has 0 amide bonds. The van der Waals surface area contributed by atoms with Crippen LogP contribution in [0.4, 0.5) is 26.3 Å². The second-order valence-electron chi connectivity index (χ2n) is 7.72. The van der Waals surface area contributed by atoms with Crippen LogP contribution in [0, 0.1) is 0 Å². The highest BCUT2D eigenvalue weighted by atomic mass is 35.5. The summed E-state index contributed by atoms with van der Waals surface area (Å²) in [6, 6.07) is 5.41. The van der Waals surface area contributed by atoms with Gasteiger partial charge in [0.15, 0.2) is 4.34 Å². The van der Waals surface area contributed by atoms with Crippen molar-refractivity contribution in [3.05, 3.63) is 75.3 Å². The van der Waals surface area contributed by atoms with Crippen LogP contribution >= 0.6 is 57.9 Å². The Labute approximate surface area is 229 Å². The lowest BCUT2D eigenvalue weighted by molar-refractivity contribution is -0.137. The van der Waals surface area contributed by atoms with Gasteiger partial charge in [-0.2, -0.15) is 26.3 Å². The Morgan fingerprint density at radius 3 is 2.16 bits per heavy atom. The predicted molar refractivity (Wildman–Crippen MR) is 133 cm³/mol. The Morgan fingerprint density at radius 2 is 1.65 bits per heavy atom. The number of fused-ring (bicyclic) bond motifs is 1. The fraction of sp³-hybridized carbons (Fsp3) is 0.190. The smallest absolute Gasteiger partial charge is 0.229 e. The maximum atomic E-state index is 13.1. The fourth-order valence-corrected chi connectivity index (χ4v) is 8.11. The summed E-state index contributed by atoms with van der Waals surface area (Å²) in [6.07, 6.45) is -7.49. The number of thiazole rings is 1. The number of primary sulfonamides is 1. The molecule has 0 aliphatic heterocycles. The number of alkyl halides is 7. The summed E-state index contributed by atoms with van der Waals surface area (Å²) in [7, 11) is -4.65. The number of aromatic nitrogens is 1. The zero-order valence-electron chi connectivity index (χ0n) is 17.7. The van der Waals surface area contributed by atoms with E-state index in [1.807, 2.05) is 0 Å². The van der Waals surface area contributed by atoms with Gasteiger partial charge in [0, 0.05) is 0 Å². The highest BCUT2D eigenvalue weighted by Crippen LogP contribution is 2.48. The Kier molecular flexibility index (Phi) is 7.41. The Bertz CT molecular complexity index is 1540. The topological polar surface area (TPSA) is 73.1 Å². The van der Waals surface area contributed by atoms with Crippen LogP contribution in [0.25, 0.3) is 10.2 Å². The third-order valence-electron chi connectivity index (χ3n) is 5.38. The van der Waals surface area contributed by atoms with Gasteiger partial charge >= 0.3 is 12.4 Å². The standard InChI is InChI=1S/C21H11Cl3F6N2O2S3/c22-12-5-11(19(37(31,33)34)4-3-10(8-16(19)24)21(28,29)30)6-13(23)17(12)36-18-32-14-7-9(20(25,26)27)1-2-15(14)35-18/h1-8,16H,(H2,31,33,34). The number of nitrogens with two attached hydrogens (primary N) is 1. The van der Waals surface area contributed by atoms with E-state index < -0.39 is 43.6 Å². The molecule has 3 aromatic rings. The van der Waals surface area contributed by atoms with E-state index in [9.17, 15) is 34.8 Å². The first kappa shape index (κ1) is 28.5. The molecular formula is C21H11Cl3F6N2O2S3. The van der Waals surface area contributed by atoms with E-state index >= 15 is 0 Å². The molecule has 16 heteroatoms. The van der Waals surface area contributed by atoms with E-state index in [0.29, 0.717) is 16.9 Å². The third-order valence-corrected chi connectivity index (χ3v) is 10.6. The summed E-state index contributed by atoms with van der Waals surface area (Å²) in [5.41, 5.74) is -2.10. The summed E-state index contributed by atoms with van der Waals surface area (Å²) in [4.78, 5) is 4.36. The second-order valence-corrected chi connectivity index (χ2v) is 13.1. The first-order valence-electron chi connectivity index (χ1n) is 9.73. The lowest BCUT2D eigenvalue weighted by atomic mass is 9.88. The van der Waals surface area contributed by atoms with Gasteiger partial charge in [-0.25, -0.2) is 18.5 Å². The number of sulfonamides is 1. The summed E-state index contributed by atoms with van der Waals surface area (Å²) in [5.74, 6) is 0. The number of halogens is 9. The number of nitrogens with zero attached hydrogens (tertiary/aromatic N) is 1. The van der Waals surface area contributed by atoms with Crippen molar-refractivity contribution in [2.45, 2.75) is 31.7 Å².